The number of nitrogens with zero attached hydrogens (tertiary/aromatic N) is 3. The van der Waals surface area contributed by atoms with Gasteiger partial charge in [-0.1, -0.05) is 13.8 Å². The topological polar surface area (TPSA) is 104 Å². The number of fused-ring (bicyclic) bond motifs is 2. The van der Waals surface area contributed by atoms with Gasteiger partial charge in [-0.2, -0.15) is 10.4 Å². The molecule has 1 aliphatic rings. The number of carboxylic acids is 1. The van der Waals surface area contributed by atoms with Gasteiger partial charge in [0.25, 0.3) is 0 Å². The molecule has 1 saturated carbocycles. The van der Waals surface area contributed by atoms with Gasteiger partial charge in [0.2, 0.25) is 0 Å². The lowest BCUT2D eigenvalue weighted by molar-refractivity contribution is -0.175. The van der Waals surface area contributed by atoms with E-state index in [1.54, 1.807) is 18.3 Å². The van der Waals surface area contributed by atoms with E-state index in [9.17, 15) is 19.6 Å². The first kappa shape index (κ1) is 22.1. The van der Waals surface area contributed by atoms with E-state index in [2.05, 4.69) is 20.8 Å². The van der Waals surface area contributed by atoms with Crippen LogP contribution >= 0.6 is 0 Å². The van der Waals surface area contributed by atoms with Crippen LogP contribution in [0.25, 0.3) is 27.5 Å². The minimum Gasteiger partial charge on any atom is -0.479 e. The van der Waals surface area contributed by atoms with Crippen LogP contribution in [0.15, 0.2) is 42.6 Å². The van der Waals surface area contributed by atoms with Gasteiger partial charge < -0.3 is 14.4 Å². The van der Waals surface area contributed by atoms with Crippen LogP contribution in [0.4, 0.5) is 4.39 Å². The number of methoxy groups -OCH3 is 1. The lowest BCUT2D eigenvalue weighted by Crippen LogP contribution is -2.51. The Balaban J connectivity index is 1.84. The molecule has 0 aliphatic heterocycles. The number of halogens is 1. The highest BCUT2D eigenvalue weighted by atomic mass is 19.1. The van der Waals surface area contributed by atoms with E-state index in [1.165, 1.54) is 19.2 Å². The second kappa shape index (κ2) is 7.67. The summed E-state index contributed by atoms with van der Waals surface area (Å²) < 4.78 is 21.3. The molecule has 2 aromatic carbocycles. The third-order valence-electron chi connectivity index (χ3n) is 7.15. The first-order valence-electron chi connectivity index (χ1n) is 11.1. The molecule has 7 nitrogen and oxygen atoms in total. The molecule has 0 bridgehead atoms. The van der Waals surface area contributed by atoms with E-state index in [1.807, 2.05) is 26.0 Å². The Morgan fingerprint density at radius 1 is 1.35 bits per heavy atom. The van der Waals surface area contributed by atoms with Crippen LogP contribution in [0.2, 0.25) is 0 Å². The fourth-order valence-corrected chi connectivity index (χ4v) is 5.34. The zero-order chi connectivity index (χ0) is 24.3. The highest BCUT2D eigenvalue weighted by molar-refractivity contribution is 5.99. The van der Waals surface area contributed by atoms with Crippen molar-refractivity contribution in [1.29, 1.82) is 5.26 Å². The molecular formula is C26H25FN4O3. The minimum atomic E-state index is -1.22. The SMILES string of the molecule is COC1(C(=O)O)CC(c2c(C(C)(C)CC#N)n(-c3ccc(F)cc3)c3cc4cn[nH]c4cc23)C1. The molecule has 4 aromatic rings. The van der Waals surface area contributed by atoms with Crippen molar-refractivity contribution in [2.75, 3.05) is 7.11 Å². The molecule has 174 valence electrons. The summed E-state index contributed by atoms with van der Waals surface area (Å²) >= 11 is 0. The molecule has 34 heavy (non-hydrogen) atoms. The summed E-state index contributed by atoms with van der Waals surface area (Å²) in [4.78, 5) is 11.9. The Bertz CT molecular complexity index is 1450. The predicted molar refractivity (Wildman–Crippen MR) is 125 cm³/mol. The number of aromatic amines is 1. The molecule has 1 aliphatic carbocycles. The number of nitrogens with one attached hydrogen (secondary N) is 1. The van der Waals surface area contributed by atoms with Crippen molar-refractivity contribution in [1.82, 2.24) is 14.8 Å². The zero-order valence-electron chi connectivity index (χ0n) is 19.2. The van der Waals surface area contributed by atoms with E-state index in [4.69, 9.17) is 4.74 Å². The fraction of sp³-hybridized carbons (Fsp3) is 0.346. The molecule has 0 radical (unpaired) electrons. The van der Waals surface area contributed by atoms with Crippen LogP contribution in [-0.2, 0) is 14.9 Å². The average Bonchev–Trinajstić information content (AvgIpc) is 3.35. The lowest BCUT2D eigenvalue weighted by Gasteiger charge is -2.44. The summed E-state index contributed by atoms with van der Waals surface area (Å²) in [6.45, 7) is 4.03. The third-order valence-corrected chi connectivity index (χ3v) is 7.15. The fourth-order valence-electron chi connectivity index (χ4n) is 5.34. The molecule has 0 amide bonds. The average molecular weight is 461 g/mol. The van der Waals surface area contributed by atoms with Crippen LogP contribution < -0.4 is 0 Å². The molecule has 2 N–H and O–H groups in total. The van der Waals surface area contributed by atoms with Gasteiger partial charge in [0, 0.05) is 41.1 Å². The van der Waals surface area contributed by atoms with Gasteiger partial charge in [-0.3, -0.25) is 5.10 Å². The Labute approximate surface area is 195 Å². The van der Waals surface area contributed by atoms with Gasteiger partial charge in [0.1, 0.15) is 5.82 Å². The number of aromatic nitrogens is 3. The number of hydrogen-bond donors (Lipinski definition) is 2. The Morgan fingerprint density at radius 2 is 2.06 bits per heavy atom. The quantitative estimate of drug-likeness (QED) is 0.412. The normalized spacial score (nSPS) is 20.4. The maximum Gasteiger partial charge on any atom is 0.335 e. The lowest BCUT2D eigenvalue weighted by atomic mass is 9.65. The first-order valence-corrected chi connectivity index (χ1v) is 11.1. The molecule has 0 atom stereocenters. The minimum absolute atomic E-state index is 0.0754. The summed E-state index contributed by atoms with van der Waals surface area (Å²) in [5, 5.41) is 28.5. The summed E-state index contributed by atoms with van der Waals surface area (Å²) in [7, 11) is 1.43. The van der Waals surface area contributed by atoms with Crippen LogP contribution in [0.5, 0.6) is 0 Å². The van der Waals surface area contributed by atoms with Crippen molar-refractivity contribution >= 4 is 27.8 Å². The summed E-state index contributed by atoms with van der Waals surface area (Å²) in [6.07, 6.45) is 2.67. The monoisotopic (exact) mass is 460 g/mol. The molecule has 0 saturated heterocycles. The highest BCUT2D eigenvalue weighted by Crippen LogP contribution is 2.53. The van der Waals surface area contributed by atoms with Crippen LogP contribution in [0.1, 0.15) is 50.3 Å². The van der Waals surface area contributed by atoms with Gasteiger partial charge in [0.15, 0.2) is 5.60 Å². The van der Waals surface area contributed by atoms with E-state index >= 15 is 0 Å². The molecule has 1 fully saturated rings. The summed E-state index contributed by atoms with van der Waals surface area (Å²) in [5.41, 5.74) is 2.70. The van der Waals surface area contributed by atoms with E-state index in [0.717, 1.165) is 38.8 Å². The number of carboxylic acid groups (broad SMARTS) is 1. The van der Waals surface area contributed by atoms with Crippen molar-refractivity contribution in [2.24, 2.45) is 0 Å². The Morgan fingerprint density at radius 3 is 2.68 bits per heavy atom. The molecule has 5 rings (SSSR count). The van der Waals surface area contributed by atoms with E-state index in [0.29, 0.717) is 12.8 Å². The largest absolute Gasteiger partial charge is 0.479 e. The summed E-state index contributed by atoms with van der Waals surface area (Å²) in [5.74, 6) is -1.38. The second-order valence-corrected chi connectivity index (χ2v) is 9.73. The molecule has 2 aromatic heterocycles. The number of nitriles is 1. The number of ether oxygens (including phenoxy) is 1. The molecular weight excluding hydrogens is 435 g/mol. The van der Waals surface area contributed by atoms with Crippen molar-refractivity contribution in [3.63, 3.8) is 0 Å². The molecule has 8 heteroatoms. The third kappa shape index (κ3) is 3.19. The van der Waals surface area contributed by atoms with Gasteiger partial charge in [-0.15, -0.1) is 0 Å². The first-order chi connectivity index (χ1) is 16.2. The van der Waals surface area contributed by atoms with E-state index in [-0.39, 0.29) is 18.2 Å². The standard InChI is InChI=1S/C26H25FN4O3/c1-25(2,8-9-28)23-22(16-12-26(13-16,34-3)24(32)33)19-11-20-15(14-29-30-20)10-21(19)31(23)18-6-4-17(27)5-7-18/h4-7,10-11,14,16H,8,12-13H2,1-3H3,(H,29,30)(H,32,33). The van der Waals surface area contributed by atoms with Gasteiger partial charge in [-0.25, -0.2) is 9.18 Å². The maximum atomic E-state index is 13.8. The predicted octanol–water partition coefficient (Wildman–Crippen LogP) is 5.18. The number of benzene rings is 2. The Kier molecular flexibility index (Phi) is 4.99. The highest BCUT2D eigenvalue weighted by Gasteiger charge is 2.53. The van der Waals surface area contributed by atoms with Crippen LogP contribution in [0.3, 0.4) is 0 Å². The van der Waals surface area contributed by atoms with Crippen molar-refractivity contribution in [3.05, 3.63) is 59.7 Å². The van der Waals surface area contributed by atoms with Crippen LogP contribution in [-0.4, -0.2) is 38.6 Å². The van der Waals surface area contributed by atoms with E-state index < -0.39 is 17.0 Å². The maximum absolute atomic E-state index is 13.8. The number of H-pyrrole nitrogens is 1. The number of hydrogen-bond acceptors (Lipinski definition) is 4. The van der Waals surface area contributed by atoms with Gasteiger partial charge in [0.05, 0.1) is 23.3 Å². The molecule has 2 heterocycles. The van der Waals surface area contributed by atoms with Crippen molar-refractivity contribution in [2.45, 2.75) is 50.0 Å². The Hall–Kier alpha value is -3.70. The van der Waals surface area contributed by atoms with Gasteiger partial charge in [-0.05, 0) is 60.7 Å². The second-order valence-electron chi connectivity index (χ2n) is 9.73. The molecule has 0 spiro atoms. The number of rotatable bonds is 6. The number of carbonyl (C=O) groups is 1. The van der Waals surface area contributed by atoms with Crippen molar-refractivity contribution in [3.8, 4) is 11.8 Å². The zero-order valence-corrected chi connectivity index (χ0v) is 19.2. The van der Waals surface area contributed by atoms with Crippen molar-refractivity contribution < 1.29 is 19.0 Å². The van der Waals surface area contributed by atoms with Crippen LogP contribution in [0, 0.1) is 17.1 Å². The smallest absolute Gasteiger partial charge is 0.335 e. The molecule has 0 unspecified atom stereocenters. The van der Waals surface area contributed by atoms with Gasteiger partial charge >= 0.3 is 5.97 Å². The number of aliphatic carboxylic acids is 1. The summed E-state index contributed by atoms with van der Waals surface area (Å²) in [6, 6.07) is 12.7.